The number of hydrogen-bond donors (Lipinski definition) is 1. The molecular weight excluding hydrogens is 222 g/mol. The Morgan fingerprint density at radius 3 is 2.44 bits per heavy atom. The summed E-state index contributed by atoms with van der Waals surface area (Å²) in [7, 11) is 0. The number of aromatic nitrogens is 2. The molecule has 3 nitrogen and oxygen atoms in total. The van der Waals surface area contributed by atoms with Gasteiger partial charge in [0.25, 0.3) is 0 Å². The largest absolute Gasteiger partial charge is 0.383 e. The smallest absolute Gasteiger partial charge is 0.135 e. The zero-order valence-corrected chi connectivity index (χ0v) is 10.1. The first kappa shape index (κ1) is 10.7. The van der Waals surface area contributed by atoms with E-state index in [1.807, 2.05) is 43.3 Å². The first-order valence-corrected chi connectivity index (χ1v) is 5.84. The van der Waals surface area contributed by atoms with Gasteiger partial charge in [0, 0.05) is 0 Å². The molecule has 3 aromatic rings. The summed E-state index contributed by atoms with van der Waals surface area (Å²) in [4.78, 5) is 8.69. The van der Waals surface area contributed by atoms with Gasteiger partial charge in [-0.05, 0) is 24.1 Å². The number of benzene rings is 2. The summed E-state index contributed by atoms with van der Waals surface area (Å²) < 4.78 is 0. The minimum atomic E-state index is 0.539. The normalized spacial score (nSPS) is 10.7. The maximum atomic E-state index is 6.04. The van der Waals surface area contributed by atoms with Crippen LogP contribution >= 0.6 is 0 Å². The van der Waals surface area contributed by atoms with E-state index in [4.69, 9.17) is 5.73 Å². The topological polar surface area (TPSA) is 51.8 Å². The van der Waals surface area contributed by atoms with Gasteiger partial charge in [-0.15, -0.1) is 0 Å². The van der Waals surface area contributed by atoms with Crippen LogP contribution in [-0.4, -0.2) is 9.97 Å². The molecule has 2 aromatic carbocycles. The number of hydrogen-bond acceptors (Lipinski definition) is 3. The van der Waals surface area contributed by atoms with Gasteiger partial charge in [-0.2, -0.15) is 0 Å². The van der Waals surface area contributed by atoms with E-state index < -0.39 is 0 Å². The molecule has 0 amide bonds. The molecule has 88 valence electrons. The minimum absolute atomic E-state index is 0.539. The van der Waals surface area contributed by atoms with Gasteiger partial charge < -0.3 is 5.73 Å². The third-order valence-corrected chi connectivity index (χ3v) is 2.95. The van der Waals surface area contributed by atoms with E-state index in [1.54, 1.807) is 0 Å². The molecule has 3 rings (SSSR count). The molecule has 3 heteroatoms. The van der Waals surface area contributed by atoms with Crippen LogP contribution in [0.1, 0.15) is 5.82 Å². The Labute approximate surface area is 105 Å². The van der Waals surface area contributed by atoms with Crippen molar-refractivity contribution in [1.29, 1.82) is 0 Å². The molecule has 0 aliphatic heterocycles. The second kappa shape index (κ2) is 4.11. The van der Waals surface area contributed by atoms with Crippen molar-refractivity contribution in [3.63, 3.8) is 0 Å². The molecule has 0 fully saturated rings. The Morgan fingerprint density at radius 2 is 1.67 bits per heavy atom. The van der Waals surface area contributed by atoms with E-state index in [-0.39, 0.29) is 0 Å². The molecule has 0 aliphatic carbocycles. The molecule has 0 radical (unpaired) electrons. The molecule has 0 saturated heterocycles. The minimum Gasteiger partial charge on any atom is -0.383 e. The first-order chi connectivity index (χ1) is 8.75. The summed E-state index contributed by atoms with van der Waals surface area (Å²) in [5.41, 5.74) is 9.14. The Morgan fingerprint density at radius 1 is 0.889 bits per heavy atom. The summed E-state index contributed by atoms with van der Waals surface area (Å²) in [6, 6.07) is 16.2. The number of anilines is 1. The van der Waals surface area contributed by atoms with Crippen LogP contribution in [0.5, 0.6) is 0 Å². The maximum Gasteiger partial charge on any atom is 0.135 e. The highest BCUT2D eigenvalue weighted by Gasteiger charge is 2.09. The quantitative estimate of drug-likeness (QED) is 0.704. The number of aryl methyl sites for hydroxylation is 1. The molecule has 0 atom stereocenters. The summed E-state index contributed by atoms with van der Waals surface area (Å²) in [5.74, 6) is 1.24. The highest BCUT2D eigenvalue weighted by Crippen LogP contribution is 2.30. The number of nitrogen functional groups attached to an aromatic ring is 1. The summed E-state index contributed by atoms with van der Waals surface area (Å²) in [6.45, 7) is 1.85. The van der Waals surface area contributed by atoms with Gasteiger partial charge in [0.1, 0.15) is 11.6 Å². The van der Waals surface area contributed by atoms with Crippen LogP contribution in [0.25, 0.3) is 22.0 Å². The monoisotopic (exact) mass is 235 g/mol. The van der Waals surface area contributed by atoms with Crippen molar-refractivity contribution < 1.29 is 0 Å². The molecule has 1 aromatic heterocycles. The molecule has 0 saturated carbocycles. The zero-order chi connectivity index (χ0) is 12.5. The Kier molecular flexibility index (Phi) is 2.45. The van der Waals surface area contributed by atoms with Crippen molar-refractivity contribution in [1.82, 2.24) is 9.97 Å². The van der Waals surface area contributed by atoms with Crippen LogP contribution < -0.4 is 5.73 Å². The lowest BCUT2D eigenvalue weighted by Crippen LogP contribution is -1.98. The number of nitrogens with zero attached hydrogens (tertiary/aromatic N) is 2. The van der Waals surface area contributed by atoms with Crippen LogP contribution in [0.2, 0.25) is 0 Å². The SMILES string of the molecule is Cc1nc(N)c2c(-c3ccccc3)cccc2n1. The van der Waals surface area contributed by atoms with Crippen LogP contribution in [0.3, 0.4) is 0 Å². The maximum absolute atomic E-state index is 6.04. The lowest BCUT2D eigenvalue weighted by atomic mass is 10.0. The summed E-state index contributed by atoms with van der Waals surface area (Å²) in [5, 5.41) is 0.925. The summed E-state index contributed by atoms with van der Waals surface area (Å²) in [6.07, 6.45) is 0. The molecule has 0 aliphatic rings. The van der Waals surface area contributed by atoms with Crippen molar-refractivity contribution >= 4 is 16.7 Å². The van der Waals surface area contributed by atoms with Gasteiger partial charge in [0.15, 0.2) is 0 Å². The zero-order valence-electron chi connectivity index (χ0n) is 10.1. The van der Waals surface area contributed by atoms with Crippen molar-refractivity contribution in [2.75, 3.05) is 5.73 Å². The fourth-order valence-corrected chi connectivity index (χ4v) is 2.19. The first-order valence-electron chi connectivity index (χ1n) is 5.84. The van der Waals surface area contributed by atoms with E-state index in [9.17, 15) is 0 Å². The Hall–Kier alpha value is -2.42. The standard InChI is InChI=1S/C15H13N3/c1-10-17-13-9-5-8-12(14(13)15(16)18-10)11-6-3-2-4-7-11/h2-9H,1H3,(H2,16,17,18). The lowest BCUT2D eigenvalue weighted by molar-refractivity contribution is 1.10. The number of nitrogens with two attached hydrogens (primary N) is 1. The average Bonchev–Trinajstić information content (AvgIpc) is 2.38. The van der Waals surface area contributed by atoms with Gasteiger partial charge >= 0.3 is 0 Å². The van der Waals surface area contributed by atoms with Crippen molar-refractivity contribution in [3.8, 4) is 11.1 Å². The van der Waals surface area contributed by atoms with Gasteiger partial charge in [0.05, 0.1) is 10.9 Å². The second-order valence-electron chi connectivity index (χ2n) is 4.22. The molecular formula is C15H13N3. The van der Waals surface area contributed by atoms with E-state index in [2.05, 4.69) is 22.1 Å². The van der Waals surface area contributed by atoms with E-state index >= 15 is 0 Å². The van der Waals surface area contributed by atoms with Gasteiger partial charge in [0.2, 0.25) is 0 Å². The molecule has 1 heterocycles. The fourth-order valence-electron chi connectivity index (χ4n) is 2.19. The Balaban J connectivity index is 2.37. The predicted molar refractivity (Wildman–Crippen MR) is 74.1 cm³/mol. The second-order valence-corrected chi connectivity index (χ2v) is 4.22. The molecule has 0 unspecified atom stereocenters. The number of fused-ring (bicyclic) bond motifs is 1. The van der Waals surface area contributed by atoms with Crippen molar-refractivity contribution in [2.45, 2.75) is 6.92 Å². The van der Waals surface area contributed by atoms with Crippen LogP contribution in [0.4, 0.5) is 5.82 Å². The third kappa shape index (κ3) is 1.70. The highest BCUT2D eigenvalue weighted by atomic mass is 14.9. The van der Waals surface area contributed by atoms with Crippen LogP contribution in [-0.2, 0) is 0 Å². The van der Waals surface area contributed by atoms with Gasteiger partial charge in [-0.1, -0.05) is 42.5 Å². The molecule has 0 spiro atoms. The average molecular weight is 235 g/mol. The summed E-state index contributed by atoms with van der Waals surface area (Å²) >= 11 is 0. The lowest BCUT2D eigenvalue weighted by Gasteiger charge is -2.08. The van der Waals surface area contributed by atoms with Gasteiger partial charge in [-0.25, -0.2) is 9.97 Å². The van der Waals surface area contributed by atoms with Crippen LogP contribution in [0.15, 0.2) is 48.5 Å². The van der Waals surface area contributed by atoms with Gasteiger partial charge in [-0.3, -0.25) is 0 Å². The fraction of sp³-hybridized carbons (Fsp3) is 0.0667. The Bertz CT molecular complexity index is 706. The molecule has 0 bridgehead atoms. The molecule has 18 heavy (non-hydrogen) atoms. The van der Waals surface area contributed by atoms with E-state index in [0.29, 0.717) is 11.6 Å². The molecule has 2 N–H and O–H groups in total. The van der Waals surface area contributed by atoms with E-state index in [0.717, 1.165) is 22.0 Å². The van der Waals surface area contributed by atoms with Crippen molar-refractivity contribution in [3.05, 3.63) is 54.4 Å². The third-order valence-electron chi connectivity index (χ3n) is 2.95. The van der Waals surface area contributed by atoms with Crippen molar-refractivity contribution in [2.24, 2.45) is 0 Å². The predicted octanol–water partition coefficient (Wildman–Crippen LogP) is 3.19. The number of rotatable bonds is 1. The highest BCUT2D eigenvalue weighted by molar-refractivity contribution is 6.01. The van der Waals surface area contributed by atoms with Crippen LogP contribution in [0, 0.1) is 6.92 Å². The van der Waals surface area contributed by atoms with E-state index in [1.165, 1.54) is 0 Å².